The maximum Gasteiger partial charge on any atom is 0.472 e. The van der Waals surface area contributed by atoms with Crippen molar-refractivity contribution in [3.63, 3.8) is 0 Å². The van der Waals surface area contributed by atoms with Crippen LogP contribution in [0.1, 0.15) is 142 Å². The van der Waals surface area contributed by atoms with Crippen LogP contribution in [0.3, 0.4) is 0 Å². The third-order valence-electron chi connectivity index (χ3n) is 7.17. The number of amides is 1. The number of carbonyl (C=O) groups excluding carboxylic acids is 1. The van der Waals surface area contributed by atoms with Crippen LogP contribution >= 0.6 is 7.82 Å². The smallest absolute Gasteiger partial charge is 0.393 e. The Bertz CT molecular complexity index is 681. The number of unbranched alkanes of at least 4 members (excludes halogenated alkanes) is 16. The van der Waals surface area contributed by atoms with E-state index in [0.29, 0.717) is 6.42 Å². The average molecular weight is 607 g/mol. The van der Waals surface area contributed by atoms with Crippen LogP contribution in [0.2, 0.25) is 0 Å². The fourth-order valence-corrected chi connectivity index (χ4v) is 5.40. The predicted molar refractivity (Wildman–Crippen MR) is 168 cm³/mol. The average Bonchev–Trinajstić information content (AvgIpc) is 2.94. The van der Waals surface area contributed by atoms with Crippen molar-refractivity contribution in [2.45, 2.75) is 161 Å². The number of aliphatic hydroxyl groups excluding tert-OH is 2. The number of carbonyl (C=O) groups is 1. The lowest BCUT2D eigenvalue weighted by molar-refractivity contribution is -0.124. The molecule has 4 unspecified atom stereocenters. The summed E-state index contributed by atoms with van der Waals surface area (Å²) in [5, 5.41) is 23.7. The molecule has 4 atom stereocenters. The summed E-state index contributed by atoms with van der Waals surface area (Å²) in [6.45, 7) is 3.88. The highest BCUT2D eigenvalue weighted by atomic mass is 31.2. The van der Waals surface area contributed by atoms with E-state index in [9.17, 15) is 24.5 Å². The summed E-state index contributed by atoms with van der Waals surface area (Å²) in [5.74, 6) is -0.452. The fourth-order valence-electron chi connectivity index (χ4n) is 4.64. The Balaban J connectivity index is 4.56. The number of nitrogens with two attached hydrogens (primary N) is 1. The maximum atomic E-state index is 12.6. The van der Waals surface area contributed by atoms with E-state index in [1.165, 1.54) is 77.0 Å². The molecule has 0 aliphatic heterocycles. The molecule has 0 fully saturated rings. The van der Waals surface area contributed by atoms with Gasteiger partial charge in [-0.1, -0.05) is 129 Å². The van der Waals surface area contributed by atoms with E-state index in [4.69, 9.17) is 14.8 Å². The summed E-state index contributed by atoms with van der Waals surface area (Å²) in [7, 11) is -4.38. The molecule has 0 aromatic carbocycles. The first-order valence-corrected chi connectivity index (χ1v) is 17.9. The zero-order chi connectivity index (χ0) is 30.6. The summed E-state index contributed by atoms with van der Waals surface area (Å²) in [6, 6.07) is -0.973. The highest BCUT2D eigenvalue weighted by molar-refractivity contribution is 7.47. The van der Waals surface area contributed by atoms with E-state index >= 15 is 0 Å². The lowest BCUT2D eigenvalue weighted by Crippen LogP contribution is -2.46. The number of phosphoric acid groups is 1. The van der Waals surface area contributed by atoms with Gasteiger partial charge in [0, 0.05) is 6.54 Å². The van der Waals surface area contributed by atoms with Crippen LogP contribution in [0.15, 0.2) is 12.2 Å². The summed E-state index contributed by atoms with van der Waals surface area (Å²) in [5.41, 5.74) is 5.32. The van der Waals surface area contributed by atoms with Gasteiger partial charge in [-0.15, -0.1) is 0 Å². The SMILES string of the molecule is CCCCCCCCCCCC/C=C/C(O)C(COP(=O)(O)OCCN)NC(=O)CC(O)CCCCCCCCC. The van der Waals surface area contributed by atoms with Crippen molar-refractivity contribution < 1.29 is 33.5 Å². The molecule has 6 N–H and O–H groups in total. The molecule has 244 valence electrons. The third kappa shape index (κ3) is 26.6. The number of aliphatic hydroxyl groups is 2. The quantitative estimate of drug-likeness (QED) is 0.0345. The first-order valence-electron chi connectivity index (χ1n) is 16.4. The molecule has 0 aromatic heterocycles. The van der Waals surface area contributed by atoms with Gasteiger partial charge >= 0.3 is 7.82 Å². The first-order chi connectivity index (χ1) is 19.8. The number of hydrogen-bond donors (Lipinski definition) is 5. The molecule has 0 heterocycles. The van der Waals surface area contributed by atoms with Gasteiger partial charge < -0.3 is 26.2 Å². The Hall–Kier alpha value is -0.800. The van der Waals surface area contributed by atoms with E-state index in [1.807, 2.05) is 6.08 Å². The molecule has 0 saturated heterocycles. The molecular weight excluding hydrogens is 543 g/mol. The number of phosphoric ester groups is 1. The van der Waals surface area contributed by atoms with Gasteiger partial charge in [-0.05, 0) is 19.3 Å². The molecule has 0 bridgehead atoms. The minimum Gasteiger partial charge on any atom is -0.393 e. The largest absolute Gasteiger partial charge is 0.472 e. The van der Waals surface area contributed by atoms with Gasteiger partial charge in [-0.25, -0.2) is 4.57 Å². The molecule has 1 amide bonds. The highest BCUT2D eigenvalue weighted by Gasteiger charge is 2.27. The summed E-state index contributed by atoms with van der Waals surface area (Å²) in [4.78, 5) is 22.4. The second kappa shape index (κ2) is 28.0. The van der Waals surface area contributed by atoms with Gasteiger partial charge in [-0.2, -0.15) is 0 Å². The van der Waals surface area contributed by atoms with Crippen LogP contribution < -0.4 is 11.1 Å². The monoisotopic (exact) mass is 606 g/mol. The van der Waals surface area contributed by atoms with Crippen molar-refractivity contribution in [3.8, 4) is 0 Å². The molecule has 41 heavy (non-hydrogen) atoms. The minimum atomic E-state index is -4.38. The Morgan fingerprint density at radius 2 is 1.34 bits per heavy atom. The van der Waals surface area contributed by atoms with Crippen molar-refractivity contribution in [2.24, 2.45) is 5.73 Å². The maximum absolute atomic E-state index is 12.6. The number of hydrogen-bond acceptors (Lipinski definition) is 7. The number of nitrogens with one attached hydrogen (secondary N) is 1. The van der Waals surface area contributed by atoms with Gasteiger partial charge in [0.25, 0.3) is 0 Å². The Labute approximate surface area is 250 Å². The lowest BCUT2D eigenvalue weighted by Gasteiger charge is -2.24. The summed E-state index contributed by atoms with van der Waals surface area (Å²) in [6.07, 6.45) is 23.1. The van der Waals surface area contributed by atoms with Crippen LogP contribution in [-0.4, -0.2) is 59.0 Å². The van der Waals surface area contributed by atoms with Gasteiger partial charge in [-0.3, -0.25) is 13.8 Å². The normalized spacial score (nSPS) is 15.6. The van der Waals surface area contributed by atoms with E-state index in [1.54, 1.807) is 6.08 Å². The Morgan fingerprint density at radius 1 is 0.829 bits per heavy atom. The van der Waals surface area contributed by atoms with Gasteiger partial charge in [0.15, 0.2) is 0 Å². The van der Waals surface area contributed by atoms with Crippen LogP contribution in [0.5, 0.6) is 0 Å². The van der Waals surface area contributed by atoms with E-state index in [2.05, 4.69) is 19.2 Å². The molecule has 0 aliphatic rings. The molecule has 0 spiro atoms. The second-order valence-electron chi connectivity index (χ2n) is 11.2. The molecular formula is C31H63N2O7P. The van der Waals surface area contributed by atoms with Crippen molar-refractivity contribution in [1.82, 2.24) is 5.32 Å². The molecule has 0 aromatic rings. The van der Waals surface area contributed by atoms with Gasteiger partial charge in [0.05, 0.1) is 37.9 Å². The molecule has 0 rings (SSSR count). The Kier molecular flexibility index (Phi) is 27.5. The van der Waals surface area contributed by atoms with E-state index in [-0.39, 0.29) is 19.6 Å². The zero-order valence-corrected chi connectivity index (χ0v) is 27.0. The van der Waals surface area contributed by atoms with E-state index in [0.717, 1.165) is 38.5 Å². The van der Waals surface area contributed by atoms with Crippen LogP contribution in [0.4, 0.5) is 0 Å². The van der Waals surface area contributed by atoms with Gasteiger partial charge in [0.1, 0.15) is 0 Å². The standard InChI is InChI=1S/C31H63N2O7P/c1-3-5-7-9-11-12-13-14-15-17-19-21-23-30(35)29(27-40-41(37,38)39-25-24-32)33-31(36)26-28(34)22-20-18-16-10-8-6-4-2/h21,23,28-30,34-35H,3-20,22,24-27,32H2,1-2H3,(H,33,36)(H,37,38)/b23-21+. The topological polar surface area (TPSA) is 151 Å². The fraction of sp³-hybridized carbons (Fsp3) is 0.903. The van der Waals surface area contributed by atoms with Crippen molar-refractivity contribution in [3.05, 3.63) is 12.2 Å². The molecule has 10 heteroatoms. The molecule has 9 nitrogen and oxygen atoms in total. The van der Waals surface area contributed by atoms with Gasteiger partial charge in [0.2, 0.25) is 5.91 Å². The van der Waals surface area contributed by atoms with Crippen molar-refractivity contribution in [2.75, 3.05) is 19.8 Å². The summed E-state index contributed by atoms with van der Waals surface area (Å²) >= 11 is 0. The Morgan fingerprint density at radius 3 is 1.88 bits per heavy atom. The predicted octanol–water partition coefficient (Wildman–Crippen LogP) is 6.68. The van der Waals surface area contributed by atoms with Crippen LogP contribution in [0, 0.1) is 0 Å². The van der Waals surface area contributed by atoms with Crippen molar-refractivity contribution >= 4 is 13.7 Å². The lowest BCUT2D eigenvalue weighted by atomic mass is 10.0. The van der Waals surface area contributed by atoms with Crippen LogP contribution in [-0.2, 0) is 18.4 Å². The summed E-state index contributed by atoms with van der Waals surface area (Å²) < 4.78 is 21.8. The highest BCUT2D eigenvalue weighted by Crippen LogP contribution is 2.43. The molecule has 0 aliphatic carbocycles. The molecule has 0 saturated carbocycles. The number of allylic oxidation sites excluding steroid dienone is 1. The zero-order valence-electron chi connectivity index (χ0n) is 26.1. The molecule has 0 radical (unpaired) electrons. The minimum absolute atomic E-state index is 0.0506. The number of rotatable bonds is 30. The van der Waals surface area contributed by atoms with Crippen LogP contribution in [0.25, 0.3) is 0 Å². The first kappa shape index (κ1) is 40.2. The van der Waals surface area contributed by atoms with E-state index < -0.39 is 38.6 Å². The second-order valence-corrected chi connectivity index (χ2v) is 12.7. The van der Waals surface area contributed by atoms with Crippen molar-refractivity contribution in [1.29, 1.82) is 0 Å². The third-order valence-corrected chi connectivity index (χ3v) is 8.15.